The average molecular weight is 499 g/mol. The summed E-state index contributed by atoms with van der Waals surface area (Å²) in [5, 5.41) is 2.94. The van der Waals surface area contributed by atoms with Crippen molar-refractivity contribution in [2.45, 2.75) is 19.9 Å². The molecule has 0 aliphatic carbocycles. The standard InChI is InChI=1S/C28H26N4O3S/c1-17-10-15-22(35-17)25-24(26(33)30-20-8-6-5-7-9-20)18(2)29-28-32(25)27(34)23(36-28)16-19-11-13-21(14-12-19)31(3)4/h5-16,25H,1-4H3,(H,30,33)/b23-16-. The van der Waals surface area contributed by atoms with E-state index in [4.69, 9.17) is 4.42 Å². The van der Waals surface area contributed by atoms with E-state index in [1.807, 2.05) is 98.7 Å². The van der Waals surface area contributed by atoms with Gasteiger partial charge in [-0.3, -0.25) is 14.2 Å². The number of benzene rings is 2. The molecular weight excluding hydrogens is 472 g/mol. The summed E-state index contributed by atoms with van der Waals surface area (Å²) in [6, 6.07) is 20.1. The highest BCUT2D eigenvalue weighted by Gasteiger charge is 2.34. The van der Waals surface area contributed by atoms with Gasteiger partial charge >= 0.3 is 0 Å². The van der Waals surface area contributed by atoms with Crippen molar-refractivity contribution in [1.29, 1.82) is 0 Å². The van der Waals surface area contributed by atoms with Crippen molar-refractivity contribution in [3.05, 3.63) is 115 Å². The van der Waals surface area contributed by atoms with Crippen LogP contribution in [0, 0.1) is 6.92 Å². The van der Waals surface area contributed by atoms with Crippen LogP contribution in [0.15, 0.2) is 92.2 Å². The number of nitrogens with zero attached hydrogens (tertiary/aromatic N) is 3. The minimum absolute atomic E-state index is 0.216. The largest absolute Gasteiger partial charge is 0.464 e. The Hall–Kier alpha value is -4.17. The van der Waals surface area contributed by atoms with Gasteiger partial charge in [0.25, 0.3) is 11.5 Å². The molecule has 5 rings (SSSR count). The first-order chi connectivity index (χ1) is 17.3. The Labute approximate surface area is 212 Å². The number of carbonyl (C=O) groups excluding carboxylic acids is 1. The first kappa shape index (κ1) is 23.6. The minimum atomic E-state index is -0.725. The molecule has 1 amide bonds. The molecule has 2 aromatic heterocycles. The van der Waals surface area contributed by atoms with Gasteiger partial charge in [-0.2, -0.15) is 0 Å². The van der Waals surface area contributed by atoms with Crippen LogP contribution in [-0.4, -0.2) is 24.6 Å². The molecule has 1 atom stereocenters. The van der Waals surface area contributed by atoms with Crippen molar-refractivity contribution in [1.82, 2.24) is 4.57 Å². The number of fused-ring (bicyclic) bond motifs is 1. The molecular formula is C28H26N4O3S. The molecule has 0 fully saturated rings. The second kappa shape index (κ2) is 9.47. The number of rotatable bonds is 5. The van der Waals surface area contributed by atoms with Crippen LogP contribution in [0.1, 0.15) is 30.0 Å². The smallest absolute Gasteiger partial charge is 0.271 e. The molecule has 182 valence electrons. The fourth-order valence-electron chi connectivity index (χ4n) is 4.22. The average Bonchev–Trinajstić information content (AvgIpc) is 3.42. The van der Waals surface area contributed by atoms with Gasteiger partial charge in [-0.25, -0.2) is 4.99 Å². The number of anilines is 2. The number of hydrogen-bond acceptors (Lipinski definition) is 6. The quantitative estimate of drug-likeness (QED) is 0.454. The van der Waals surface area contributed by atoms with Crippen LogP contribution in [0.2, 0.25) is 0 Å². The lowest BCUT2D eigenvalue weighted by molar-refractivity contribution is -0.113. The summed E-state index contributed by atoms with van der Waals surface area (Å²) in [5.41, 5.74) is 3.36. The zero-order chi connectivity index (χ0) is 25.4. The maximum Gasteiger partial charge on any atom is 0.271 e. The molecule has 0 saturated heterocycles. The maximum absolute atomic E-state index is 13.7. The number of allylic oxidation sites excluding steroid dienone is 1. The number of nitrogens with one attached hydrogen (secondary N) is 1. The van der Waals surface area contributed by atoms with Crippen LogP contribution >= 0.6 is 11.3 Å². The van der Waals surface area contributed by atoms with E-state index in [1.54, 1.807) is 11.5 Å². The number of furan rings is 1. The third-order valence-electron chi connectivity index (χ3n) is 6.04. The lowest BCUT2D eigenvalue weighted by Gasteiger charge is -2.23. The molecule has 2 aromatic carbocycles. The van der Waals surface area contributed by atoms with Gasteiger partial charge in [0.2, 0.25) is 0 Å². The van der Waals surface area contributed by atoms with E-state index in [1.165, 1.54) is 11.3 Å². The number of aryl methyl sites for hydroxylation is 1. The number of amides is 1. The molecule has 4 aromatic rings. The van der Waals surface area contributed by atoms with E-state index in [9.17, 15) is 9.59 Å². The van der Waals surface area contributed by atoms with E-state index >= 15 is 0 Å². The van der Waals surface area contributed by atoms with Crippen LogP contribution in [0.3, 0.4) is 0 Å². The van der Waals surface area contributed by atoms with Gasteiger partial charge in [0.05, 0.1) is 15.8 Å². The monoisotopic (exact) mass is 498 g/mol. The maximum atomic E-state index is 13.7. The molecule has 8 heteroatoms. The van der Waals surface area contributed by atoms with E-state index < -0.39 is 6.04 Å². The summed E-state index contributed by atoms with van der Waals surface area (Å²) in [6.45, 7) is 3.63. The Morgan fingerprint density at radius 3 is 2.42 bits per heavy atom. The van der Waals surface area contributed by atoms with Crippen LogP contribution in [0.4, 0.5) is 11.4 Å². The molecule has 0 saturated carbocycles. The number of aromatic nitrogens is 1. The fraction of sp³-hybridized carbons (Fsp3) is 0.179. The zero-order valence-electron chi connectivity index (χ0n) is 20.5. The highest BCUT2D eigenvalue weighted by molar-refractivity contribution is 7.07. The van der Waals surface area contributed by atoms with Crippen LogP contribution in [-0.2, 0) is 4.79 Å². The summed E-state index contributed by atoms with van der Waals surface area (Å²) in [4.78, 5) is 34.4. The topological polar surface area (TPSA) is 79.8 Å². The molecule has 36 heavy (non-hydrogen) atoms. The highest BCUT2D eigenvalue weighted by Crippen LogP contribution is 2.31. The first-order valence-corrected chi connectivity index (χ1v) is 12.4. The van der Waals surface area contributed by atoms with Gasteiger partial charge in [-0.1, -0.05) is 41.7 Å². The molecule has 1 aliphatic rings. The summed E-state index contributed by atoms with van der Waals surface area (Å²) < 4.78 is 8.06. The summed E-state index contributed by atoms with van der Waals surface area (Å²) in [7, 11) is 3.97. The number of thiazole rings is 1. The van der Waals surface area contributed by atoms with Crippen LogP contribution in [0.25, 0.3) is 6.08 Å². The Morgan fingerprint density at radius 1 is 1.06 bits per heavy atom. The Morgan fingerprint density at radius 2 is 1.78 bits per heavy atom. The fourth-order valence-corrected chi connectivity index (χ4v) is 5.27. The van der Waals surface area contributed by atoms with Gasteiger partial charge in [0.1, 0.15) is 17.6 Å². The summed E-state index contributed by atoms with van der Waals surface area (Å²) in [5.74, 6) is 0.892. The third kappa shape index (κ3) is 4.43. The molecule has 1 aliphatic heterocycles. The summed E-state index contributed by atoms with van der Waals surface area (Å²) >= 11 is 1.30. The van der Waals surface area contributed by atoms with Gasteiger partial charge in [-0.15, -0.1) is 0 Å². The predicted octanol–water partition coefficient (Wildman–Crippen LogP) is 3.84. The van der Waals surface area contributed by atoms with E-state index in [2.05, 4.69) is 10.3 Å². The highest BCUT2D eigenvalue weighted by atomic mass is 32.1. The molecule has 0 bridgehead atoms. The van der Waals surface area contributed by atoms with Crippen molar-refractivity contribution in [2.24, 2.45) is 4.99 Å². The Bertz CT molecular complexity index is 1640. The Kier molecular flexibility index (Phi) is 6.20. The third-order valence-corrected chi connectivity index (χ3v) is 7.02. The molecule has 0 spiro atoms. The second-order valence-corrected chi connectivity index (χ2v) is 9.85. The SMILES string of the molecule is CC1=C(C(=O)Nc2ccccc2)C(c2ccc(C)o2)n2c(s/c(=C\c3ccc(N(C)C)cc3)c2=O)=N1. The predicted molar refractivity (Wildman–Crippen MR) is 143 cm³/mol. The van der Waals surface area contributed by atoms with Crippen molar-refractivity contribution >= 4 is 34.7 Å². The van der Waals surface area contributed by atoms with E-state index in [-0.39, 0.29) is 11.5 Å². The molecule has 0 radical (unpaired) electrons. The number of carbonyl (C=O) groups is 1. The van der Waals surface area contributed by atoms with Gasteiger partial charge in [0.15, 0.2) is 4.80 Å². The molecule has 7 nitrogen and oxygen atoms in total. The van der Waals surface area contributed by atoms with Gasteiger partial charge in [-0.05, 0) is 61.9 Å². The van der Waals surface area contributed by atoms with Crippen molar-refractivity contribution in [2.75, 3.05) is 24.3 Å². The number of para-hydroxylation sites is 1. The zero-order valence-corrected chi connectivity index (χ0v) is 21.3. The lowest BCUT2D eigenvalue weighted by Crippen LogP contribution is -2.40. The van der Waals surface area contributed by atoms with Crippen molar-refractivity contribution < 1.29 is 9.21 Å². The summed E-state index contributed by atoms with van der Waals surface area (Å²) in [6.07, 6.45) is 1.86. The molecule has 1 N–H and O–H groups in total. The lowest BCUT2D eigenvalue weighted by atomic mass is 10.00. The second-order valence-electron chi connectivity index (χ2n) is 8.84. The van der Waals surface area contributed by atoms with E-state index in [0.717, 1.165) is 11.3 Å². The normalized spacial score (nSPS) is 15.4. The minimum Gasteiger partial charge on any atom is -0.464 e. The van der Waals surface area contributed by atoms with Crippen LogP contribution < -0.4 is 25.1 Å². The van der Waals surface area contributed by atoms with Crippen LogP contribution in [0.5, 0.6) is 0 Å². The Balaban J connectivity index is 1.63. The van der Waals surface area contributed by atoms with Gasteiger partial charge in [0, 0.05) is 25.5 Å². The van der Waals surface area contributed by atoms with E-state index in [0.29, 0.717) is 37.8 Å². The van der Waals surface area contributed by atoms with Crippen molar-refractivity contribution in [3.63, 3.8) is 0 Å². The number of hydrogen-bond donors (Lipinski definition) is 1. The van der Waals surface area contributed by atoms with Gasteiger partial charge < -0.3 is 14.6 Å². The molecule has 1 unspecified atom stereocenters. The first-order valence-electron chi connectivity index (χ1n) is 11.5. The van der Waals surface area contributed by atoms with Crippen molar-refractivity contribution in [3.8, 4) is 0 Å². The molecule has 3 heterocycles.